The predicted octanol–water partition coefficient (Wildman–Crippen LogP) is 5.05. The van der Waals surface area contributed by atoms with Gasteiger partial charge in [-0.25, -0.2) is 0 Å². The second-order valence-corrected chi connectivity index (χ2v) is 6.40. The first-order valence-corrected chi connectivity index (χ1v) is 6.96. The molecule has 0 aliphatic rings. The van der Waals surface area contributed by atoms with Gasteiger partial charge in [0.1, 0.15) is 0 Å². The number of benzene rings is 2. The van der Waals surface area contributed by atoms with Gasteiger partial charge in [-0.15, -0.1) is 0 Å². The highest BCUT2D eigenvalue weighted by Gasteiger charge is 2.12. The number of hydrogen-bond donors (Lipinski definition) is 1. The van der Waals surface area contributed by atoms with E-state index in [0.717, 1.165) is 0 Å². The number of hydrogen-bond acceptors (Lipinski definition) is 2. The van der Waals surface area contributed by atoms with Crippen LogP contribution in [0.1, 0.15) is 20.8 Å². The highest BCUT2D eigenvalue weighted by Crippen LogP contribution is 2.34. The minimum atomic E-state index is 0.0767. The Morgan fingerprint density at radius 3 is 2.11 bits per heavy atom. The van der Waals surface area contributed by atoms with Crippen molar-refractivity contribution < 1.29 is 0 Å². The summed E-state index contributed by atoms with van der Waals surface area (Å²) < 4.78 is 0. The largest absolute Gasteiger partial charge is 0.380 e. The van der Waals surface area contributed by atoms with Gasteiger partial charge in [0.15, 0.2) is 0 Å². The second-order valence-electron chi connectivity index (χ2n) is 5.29. The molecule has 18 heavy (non-hydrogen) atoms. The summed E-state index contributed by atoms with van der Waals surface area (Å²) in [4.78, 5) is 2.53. The molecule has 0 bridgehead atoms. The Balaban J connectivity index is 2.23. The highest BCUT2D eigenvalue weighted by atomic mass is 32.2. The summed E-state index contributed by atoms with van der Waals surface area (Å²) in [5.41, 5.74) is 1.27. The molecular weight excluding hydrogens is 238 g/mol. The van der Waals surface area contributed by atoms with E-state index in [2.05, 4.69) is 74.6 Å². The van der Waals surface area contributed by atoms with Crippen LogP contribution in [0.15, 0.2) is 64.4 Å². The molecule has 94 valence electrons. The molecule has 1 nitrogen and oxygen atoms in total. The van der Waals surface area contributed by atoms with Crippen LogP contribution in [0.5, 0.6) is 0 Å². The van der Waals surface area contributed by atoms with Crippen LogP contribution in [0.25, 0.3) is 0 Å². The first kappa shape index (κ1) is 13.0. The van der Waals surface area contributed by atoms with E-state index in [-0.39, 0.29) is 5.54 Å². The summed E-state index contributed by atoms with van der Waals surface area (Å²) in [6.45, 7) is 6.53. The molecule has 0 aromatic heterocycles. The van der Waals surface area contributed by atoms with Crippen LogP contribution < -0.4 is 5.32 Å². The average molecular weight is 257 g/mol. The van der Waals surface area contributed by atoms with Crippen LogP contribution in [0.3, 0.4) is 0 Å². The summed E-state index contributed by atoms with van der Waals surface area (Å²) in [5, 5.41) is 3.55. The predicted molar refractivity (Wildman–Crippen MR) is 80.4 cm³/mol. The van der Waals surface area contributed by atoms with Gasteiger partial charge in [0, 0.05) is 21.0 Å². The zero-order valence-electron chi connectivity index (χ0n) is 11.1. The number of para-hydroxylation sites is 1. The van der Waals surface area contributed by atoms with Gasteiger partial charge >= 0.3 is 0 Å². The number of rotatable bonds is 3. The lowest BCUT2D eigenvalue weighted by atomic mass is 10.1. The van der Waals surface area contributed by atoms with Crippen molar-refractivity contribution >= 4 is 17.4 Å². The van der Waals surface area contributed by atoms with Gasteiger partial charge in [-0.05, 0) is 45.0 Å². The van der Waals surface area contributed by atoms with E-state index < -0.39 is 0 Å². The quantitative estimate of drug-likeness (QED) is 0.826. The molecule has 0 spiro atoms. The molecule has 2 rings (SSSR count). The zero-order valence-corrected chi connectivity index (χ0v) is 11.9. The molecule has 0 atom stereocenters. The number of nitrogens with one attached hydrogen (secondary N) is 1. The lowest BCUT2D eigenvalue weighted by Gasteiger charge is -2.24. The minimum Gasteiger partial charge on any atom is -0.380 e. The third-order valence-corrected chi connectivity index (χ3v) is 3.45. The Morgan fingerprint density at radius 1 is 0.833 bits per heavy atom. The zero-order chi connectivity index (χ0) is 13.0. The Morgan fingerprint density at radius 2 is 1.44 bits per heavy atom. The van der Waals surface area contributed by atoms with Gasteiger partial charge < -0.3 is 5.32 Å². The van der Waals surface area contributed by atoms with Crippen molar-refractivity contribution in [3.8, 4) is 0 Å². The molecule has 2 heteroatoms. The van der Waals surface area contributed by atoms with E-state index in [1.54, 1.807) is 11.8 Å². The van der Waals surface area contributed by atoms with Crippen LogP contribution >= 0.6 is 11.8 Å². The molecule has 2 aromatic rings. The van der Waals surface area contributed by atoms with E-state index in [4.69, 9.17) is 0 Å². The lowest BCUT2D eigenvalue weighted by Crippen LogP contribution is -2.26. The summed E-state index contributed by atoms with van der Waals surface area (Å²) in [7, 11) is 0. The smallest absolute Gasteiger partial charge is 0.0486 e. The SMILES string of the molecule is CC(C)(C)Nc1ccccc1Sc1ccccc1. The number of anilines is 1. The summed E-state index contributed by atoms with van der Waals surface area (Å²) >= 11 is 1.79. The molecule has 1 N–H and O–H groups in total. The molecule has 0 saturated heterocycles. The summed E-state index contributed by atoms with van der Waals surface area (Å²) in [5.74, 6) is 0. The third-order valence-electron chi connectivity index (χ3n) is 2.37. The second kappa shape index (κ2) is 5.49. The first-order chi connectivity index (χ1) is 8.54. The molecule has 0 radical (unpaired) electrons. The molecule has 0 fully saturated rings. The Bertz CT molecular complexity index is 500. The maximum atomic E-state index is 3.55. The van der Waals surface area contributed by atoms with Crippen LogP contribution in [0, 0.1) is 0 Å². The lowest BCUT2D eigenvalue weighted by molar-refractivity contribution is 0.632. The summed E-state index contributed by atoms with van der Waals surface area (Å²) in [6, 6.07) is 18.9. The van der Waals surface area contributed by atoms with Crippen molar-refractivity contribution in [2.75, 3.05) is 5.32 Å². The Labute approximate surface area is 114 Å². The molecule has 0 heterocycles. The van der Waals surface area contributed by atoms with E-state index >= 15 is 0 Å². The fraction of sp³-hybridized carbons (Fsp3) is 0.250. The van der Waals surface area contributed by atoms with Crippen molar-refractivity contribution in [2.45, 2.75) is 36.1 Å². The van der Waals surface area contributed by atoms with Crippen molar-refractivity contribution in [3.63, 3.8) is 0 Å². The van der Waals surface area contributed by atoms with E-state index in [1.807, 2.05) is 6.07 Å². The van der Waals surface area contributed by atoms with Crippen molar-refractivity contribution in [2.24, 2.45) is 0 Å². The van der Waals surface area contributed by atoms with Gasteiger partial charge in [0.25, 0.3) is 0 Å². The molecule has 2 aromatic carbocycles. The highest BCUT2D eigenvalue weighted by molar-refractivity contribution is 7.99. The van der Waals surface area contributed by atoms with Crippen molar-refractivity contribution in [1.82, 2.24) is 0 Å². The maximum Gasteiger partial charge on any atom is 0.0486 e. The van der Waals surface area contributed by atoms with Gasteiger partial charge in [-0.1, -0.05) is 42.1 Å². The van der Waals surface area contributed by atoms with E-state index in [0.29, 0.717) is 0 Å². The monoisotopic (exact) mass is 257 g/mol. The normalized spacial score (nSPS) is 11.3. The van der Waals surface area contributed by atoms with Crippen molar-refractivity contribution in [3.05, 3.63) is 54.6 Å². The maximum absolute atomic E-state index is 3.55. The fourth-order valence-electron chi connectivity index (χ4n) is 1.68. The van der Waals surface area contributed by atoms with Crippen LogP contribution in [0.2, 0.25) is 0 Å². The molecule has 0 amide bonds. The minimum absolute atomic E-state index is 0.0767. The fourth-order valence-corrected chi connectivity index (χ4v) is 2.60. The molecule has 0 unspecified atom stereocenters. The van der Waals surface area contributed by atoms with Crippen LogP contribution in [-0.4, -0.2) is 5.54 Å². The van der Waals surface area contributed by atoms with E-state index in [9.17, 15) is 0 Å². The standard InChI is InChI=1S/C16H19NS/c1-16(2,3)17-14-11-7-8-12-15(14)18-13-9-5-4-6-10-13/h4-12,17H,1-3H3. The van der Waals surface area contributed by atoms with Crippen LogP contribution in [0.4, 0.5) is 5.69 Å². The van der Waals surface area contributed by atoms with Gasteiger partial charge in [0.2, 0.25) is 0 Å². The topological polar surface area (TPSA) is 12.0 Å². The molecule has 0 aliphatic heterocycles. The van der Waals surface area contributed by atoms with Gasteiger partial charge in [0.05, 0.1) is 0 Å². The summed E-state index contributed by atoms with van der Waals surface area (Å²) in [6.07, 6.45) is 0. The van der Waals surface area contributed by atoms with E-state index in [1.165, 1.54) is 15.5 Å². The third kappa shape index (κ3) is 3.81. The van der Waals surface area contributed by atoms with Gasteiger partial charge in [-0.3, -0.25) is 0 Å². The Hall–Kier alpha value is -1.41. The van der Waals surface area contributed by atoms with Crippen LogP contribution in [-0.2, 0) is 0 Å². The molecule has 0 aliphatic carbocycles. The van der Waals surface area contributed by atoms with Crippen molar-refractivity contribution in [1.29, 1.82) is 0 Å². The molecule has 0 saturated carbocycles. The van der Waals surface area contributed by atoms with Gasteiger partial charge in [-0.2, -0.15) is 0 Å². The first-order valence-electron chi connectivity index (χ1n) is 6.15. The Kier molecular flexibility index (Phi) is 3.97. The molecular formula is C16H19NS. The average Bonchev–Trinajstić information content (AvgIpc) is 2.31.